The van der Waals surface area contributed by atoms with Crippen LogP contribution in [0.2, 0.25) is 0 Å². The molecular formula is C19H19N3O. The quantitative estimate of drug-likeness (QED) is 0.916. The number of ketones is 1. The second-order valence-electron chi connectivity index (χ2n) is 6.08. The first-order valence-electron chi connectivity index (χ1n) is 7.89. The van der Waals surface area contributed by atoms with Crippen LogP contribution in [-0.2, 0) is 6.42 Å². The largest absolute Gasteiger partial charge is 0.359 e. The molecular weight excluding hydrogens is 286 g/mol. The van der Waals surface area contributed by atoms with E-state index in [9.17, 15) is 4.79 Å². The minimum absolute atomic E-state index is 0.0375. The number of hydrogen-bond acceptors (Lipinski definition) is 3. The summed E-state index contributed by atoms with van der Waals surface area (Å²) in [6.45, 7) is 1.01. The molecule has 2 aliphatic rings. The van der Waals surface area contributed by atoms with Crippen molar-refractivity contribution in [3.8, 4) is 0 Å². The number of benzene rings is 1. The fourth-order valence-corrected chi connectivity index (χ4v) is 3.35. The molecule has 2 heterocycles. The second kappa shape index (κ2) is 5.56. The van der Waals surface area contributed by atoms with Gasteiger partial charge in [-0.25, -0.2) is 0 Å². The molecule has 1 aliphatic carbocycles. The summed E-state index contributed by atoms with van der Waals surface area (Å²) in [5.41, 5.74) is 4.89. The molecule has 4 nitrogen and oxygen atoms in total. The van der Waals surface area contributed by atoms with Gasteiger partial charge in [-0.3, -0.25) is 9.69 Å². The number of aromatic nitrogens is 1. The van der Waals surface area contributed by atoms with Crippen LogP contribution in [0, 0.1) is 0 Å². The van der Waals surface area contributed by atoms with E-state index >= 15 is 0 Å². The van der Waals surface area contributed by atoms with Crippen LogP contribution in [0.25, 0.3) is 6.08 Å². The Kier molecular flexibility index (Phi) is 3.39. The number of aromatic amines is 1. The van der Waals surface area contributed by atoms with Gasteiger partial charge in [-0.05, 0) is 36.7 Å². The highest BCUT2D eigenvalue weighted by Crippen LogP contribution is 2.37. The predicted octanol–water partition coefficient (Wildman–Crippen LogP) is 2.88. The van der Waals surface area contributed by atoms with Crippen molar-refractivity contribution in [3.05, 3.63) is 76.9 Å². The fourth-order valence-electron chi connectivity index (χ4n) is 3.35. The lowest BCUT2D eigenvalue weighted by molar-refractivity contribution is 0.101. The molecule has 4 rings (SSSR count). The Labute approximate surface area is 135 Å². The average molecular weight is 305 g/mol. The van der Waals surface area contributed by atoms with Crippen LogP contribution < -0.4 is 5.32 Å². The number of carbonyl (C=O) groups excluding carboxylic acids is 1. The highest BCUT2D eigenvalue weighted by molar-refractivity contribution is 6.10. The van der Waals surface area contributed by atoms with Gasteiger partial charge in [0.25, 0.3) is 0 Å². The van der Waals surface area contributed by atoms with Crippen LogP contribution in [0.5, 0.6) is 0 Å². The van der Waals surface area contributed by atoms with Gasteiger partial charge < -0.3 is 10.3 Å². The summed E-state index contributed by atoms with van der Waals surface area (Å²) in [5, 5.41) is 3.16. The van der Waals surface area contributed by atoms with E-state index < -0.39 is 0 Å². The molecule has 0 amide bonds. The number of rotatable bonds is 3. The lowest BCUT2D eigenvalue weighted by Crippen LogP contribution is -2.35. The average Bonchev–Trinajstić information content (AvgIpc) is 3.00. The van der Waals surface area contributed by atoms with Crippen molar-refractivity contribution in [2.24, 2.45) is 0 Å². The fraction of sp³-hybridized carbons (Fsp3) is 0.211. The number of H-pyrrole nitrogens is 1. The van der Waals surface area contributed by atoms with Crippen LogP contribution in [0.1, 0.15) is 33.2 Å². The monoisotopic (exact) mass is 305 g/mol. The molecule has 0 saturated heterocycles. The number of Topliss-reactive ketones (excluding diaryl/α,β-unsaturated/α-hetero) is 1. The summed E-state index contributed by atoms with van der Waals surface area (Å²) in [5.74, 6) is 0.0375. The Morgan fingerprint density at radius 2 is 2.13 bits per heavy atom. The lowest BCUT2D eigenvalue weighted by atomic mass is 9.88. The summed E-state index contributed by atoms with van der Waals surface area (Å²) < 4.78 is 0. The molecule has 2 aromatic rings. The Hall–Kier alpha value is -2.59. The Bertz CT molecular complexity index is 801. The maximum atomic E-state index is 12.7. The van der Waals surface area contributed by atoms with Gasteiger partial charge in [0.2, 0.25) is 5.78 Å². The van der Waals surface area contributed by atoms with Gasteiger partial charge in [0.05, 0.1) is 17.4 Å². The topological polar surface area (TPSA) is 48.1 Å². The van der Waals surface area contributed by atoms with Crippen molar-refractivity contribution in [1.29, 1.82) is 0 Å². The second-order valence-corrected chi connectivity index (χ2v) is 6.08. The maximum Gasteiger partial charge on any atom is 0.225 e. The standard InChI is InChI=1S/C19H19N3O/c1-22-10-8-14-12-21-18-17(14)16(22)11-15(19(18)23)20-9-7-13-5-3-2-4-6-13/h2-7,9,11-12,16,20-21H,8,10H2,1H3/b9-7+. The van der Waals surface area contributed by atoms with Crippen LogP contribution >= 0.6 is 0 Å². The maximum absolute atomic E-state index is 12.7. The lowest BCUT2D eigenvalue weighted by Gasteiger charge is -2.34. The van der Waals surface area contributed by atoms with E-state index in [1.165, 1.54) is 5.56 Å². The van der Waals surface area contributed by atoms with E-state index in [1.807, 2.05) is 54.9 Å². The molecule has 1 unspecified atom stereocenters. The zero-order valence-corrected chi connectivity index (χ0v) is 13.0. The summed E-state index contributed by atoms with van der Waals surface area (Å²) >= 11 is 0. The Balaban J connectivity index is 1.60. The van der Waals surface area contributed by atoms with Gasteiger partial charge in [-0.2, -0.15) is 0 Å². The smallest absolute Gasteiger partial charge is 0.225 e. The molecule has 0 spiro atoms. The number of carbonyl (C=O) groups is 1. The van der Waals surface area contributed by atoms with Crippen molar-refractivity contribution in [3.63, 3.8) is 0 Å². The van der Waals surface area contributed by atoms with Crippen LogP contribution in [-0.4, -0.2) is 29.3 Å². The normalized spacial score (nSPS) is 20.5. The molecule has 1 aromatic heterocycles. The van der Waals surface area contributed by atoms with Crippen LogP contribution in [0.15, 0.2) is 54.5 Å². The van der Waals surface area contributed by atoms with Gasteiger partial charge in [-0.15, -0.1) is 0 Å². The van der Waals surface area contributed by atoms with Crippen LogP contribution in [0.3, 0.4) is 0 Å². The summed E-state index contributed by atoms with van der Waals surface area (Å²) in [6, 6.07) is 10.2. The van der Waals surface area contributed by atoms with E-state index in [4.69, 9.17) is 0 Å². The first-order valence-corrected chi connectivity index (χ1v) is 7.89. The van der Waals surface area contributed by atoms with Gasteiger partial charge >= 0.3 is 0 Å². The third-order valence-electron chi connectivity index (χ3n) is 4.62. The third kappa shape index (κ3) is 2.41. The predicted molar refractivity (Wildman–Crippen MR) is 90.9 cm³/mol. The van der Waals surface area contributed by atoms with Crippen molar-refractivity contribution < 1.29 is 4.79 Å². The molecule has 1 atom stereocenters. The van der Waals surface area contributed by atoms with Crippen molar-refractivity contribution in [1.82, 2.24) is 15.2 Å². The van der Waals surface area contributed by atoms with E-state index in [0.717, 1.165) is 29.8 Å². The molecule has 0 radical (unpaired) electrons. The number of allylic oxidation sites excluding steroid dienone is 1. The summed E-state index contributed by atoms with van der Waals surface area (Å²) in [4.78, 5) is 18.1. The molecule has 2 N–H and O–H groups in total. The number of nitrogens with zero attached hydrogens (tertiary/aromatic N) is 1. The SMILES string of the molecule is CN1CCc2c[nH]c3c2C1C=C(N/C=C/c1ccccc1)C3=O. The number of nitrogens with one attached hydrogen (secondary N) is 2. The summed E-state index contributed by atoms with van der Waals surface area (Å²) in [6.07, 6.45) is 8.82. The van der Waals surface area contributed by atoms with E-state index in [0.29, 0.717) is 5.70 Å². The van der Waals surface area contributed by atoms with E-state index in [-0.39, 0.29) is 11.8 Å². The number of likely N-dealkylation sites (N-methyl/N-ethyl adjacent to an activating group) is 1. The van der Waals surface area contributed by atoms with Crippen molar-refractivity contribution in [2.45, 2.75) is 12.5 Å². The van der Waals surface area contributed by atoms with Gasteiger partial charge in [-0.1, -0.05) is 30.3 Å². The highest BCUT2D eigenvalue weighted by atomic mass is 16.1. The first kappa shape index (κ1) is 14.0. The molecule has 0 bridgehead atoms. The van der Waals surface area contributed by atoms with Gasteiger partial charge in [0.15, 0.2) is 0 Å². The Morgan fingerprint density at radius 3 is 2.96 bits per heavy atom. The molecule has 1 aromatic carbocycles. The molecule has 0 fully saturated rings. The molecule has 1 aliphatic heterocycles. The van der Waals surface area contributed by atoms with Gasteiger partial charge in [0, 0.05) is 24.5 Å². The third-order valence-corrected chi connectivity index (χ3v) is 4.62. The summed E-state index contributed by atoms with van der Waals surface area (Å²) in [7, 11) is 2.11. The number of hydrogen-bond donors (Lipinski definition) is 2. The molecule has 116 valence electrons. The van der Waals surface area contributed by atoms with Crippen molar-refractivity contribution >= 4 is 11.9 Å². The molecule has 0 saturated carbocycles. The minimum Gasteiger partial charge on any atom is -0.359 e. The molecule has 4 heteroatoms. The van der Waals surface area contributed by atoms with Crippen molar-refractivity contribution in [2.75, 3.05) is 13.6 Å². The minimum atomic E-state index is 0.0375. The zero-order chi connectivity index (χ0) is 15.8. The highest BCUT2D eigenvalue weighted by Gasteiger charge is 2.34. The van der Waals surface area contributed by atoms with E-state index in [1.54, 1.807) is 0 Å². The first-order chi connectivity index (χ1) is 11.2. The zero-order valence-electron chi connectivity index (χ0n) is 13.0. The van der Waals surface area contributed by atoms with Crippen LogP contribution in [0.4, 0.5) is 0 Å². The van der Waals surface area contributed by atoms with E-state index in [2.05, 4.69) is 22.2 Å². The van der Waals surface area contributed by atoms with Gasteiger partial charge in [0.1, 0.15) is 0 Å². The Morgan fingerprint density at radius 1 is 1.30 bits per heavy atom. The molecule has 23 heavy (non-hydrogen) atoms.